The van der Waals surface area contributed by atoms with E-state index in [0.717, 1.165) is 12.8 Å². The summed E-state index contributed by atoms with van der Waals surface area (Å²) in [6.45, 7) is 1.93. The van der Waals surface area contributed by atoms with Crippen LogP contribution in [-0.4, -0.2) is 16.3 Å². The van der Waals surface area contributed by atoms with Crippen molar-refractivity contribution in [3.05, 3.63) is 0 Å². The van der Waals surface area contributed by atoms with Crippen molar-refractivity contribution in [1.29, 1.82) is 0 Å². The molecule has 3 nitrogen and oxygen atoms in total. The van der Waals surface area contributed by atoms with Crippen molar-refractivity contribution in [3.8, 4) is 0 Å². The van der Waals surface area contributed by atoms with E-state index in [0.29, 0.717) is 6.42 Å². The number of aliphatic carboxylic acids is 1. The second-order valence-corrected chi connectivity index (χ2v) is 2.71. The molecule has 0 aromatic rings. The van der Waals surface area contributed by atoms with Gasteiger partial charge in [-0.15, -0.1) is 12.4 Å². The Labute approximate surface area is 82.5 Å². The number of carboxylic acid groups (broad SMARTS) is 1. The number of hydrogen-bond acceptors (Lipinski definition) is 2. The van der Waals surface area contributed by atoms with E-state index in [-0.39, 0.29) is 12.4 Å². The van der Waals surface area contributed by atoms with Crippen LogP contribution in [-0.2, 0) is 9.59 Å². The van der Waals surface area contributed by atoms with E-state index in [1.807, 2.05) is 6.92 Å². The second kappa shape index (κ2) is 7.37. The number of hydrogen-bond donors (Lipinski definition) is 1. The van der Waals surface area contributed by atoms with Gasteiger partial charge in [-0.3, -0.25) is 9.59 Å². The highest BCUT2D eigenvalue weighted by molar-refractivity contribution is 6.65. The van der Waals surface area contributed by atoms with Crippen LogP contribution in [0, 0.1) is 5.92 Å². The Balaban J connectivity index is 0. The largest absolute Gasteiger partial charge is 0.481 e. The van der Waals surface area contributed by atoms with Crippen molar-refractivity contribution in [3.63, 3.8) is 0 Å². The topological polar surface area (TPSA) is 54.4 Å². The van der Waals surface area contributed by atoms with Crippen LogP contribution in [0.1, 0.15) is 26.2 Å². The molecule has 0 bridgehead atoms. The average Bonchev–Trinajstić information content (AvgIpc) is 1.87. The van der Waals surface area contributed by atoms with Gasteiger partial charge in [0, 0.05) is 0 Å². The molecule has 72 valence electrons. The number of unbranched alkanes of at least 4 members (excludes halogenated alkanes) is 1. The van der Waals surface area contributed by atoms with Crippen molar-refractivity contribution >= 4 is 35.2 Å². The molecule has 0 aromatic carbocycles. The summed E-state index contributed by atoms with van der Waals surface area (Å²) in [5.41, 5.74) is 0. The SMILES string of the molecule is CCCCC(C(=O)O)C(=O)Cl.Cl. The highest BCUT2D eigenvalue weighted by atomic mass is 35.5. The third-order valence-electron chi connectivity index (χ3n) is 1.42. The lowest BCUT2D eigenvalue weighted by atomic mass is 10.0. The van der Waals surface area contributed by atoms with Crippen LogP contribution >= 0.6 is 24.0 Å². The quantitative estimate of drug-likeness (QED) is 0.564. The van der Waals surface area contributed by atoms with Gasteiger partial charge in [0.2, 0.25) is 5.24 Å². The fourth-order valence-corrected chi connectivity index (χ4v) is 0.945. The summed E-state index contributed by atoms with van der Waals surface area (Å²) in [6, 6.07) is 0. The smallest absolute Gasteiger partial charge is 0.315 e. The minimum Gasteiger partial charge on any atom is -0.481 e. The lowest BCUT2D eigenvalue weighted by molar-refractivity contribution is -0.144. The molecule has 0 aliphatic rings. The standard InChI is InChI=1S/C7H11ClO3.ClH/c1-2-3-4-5(6(8)9)7(10)11;/h5H,2-4H2,1H3,(H,10,11);1H. The van der Waals surface area contributed by atoms with Crippen LogP contribution in [0.25, 0.3) is 0 Å². The first-order valence-electron chi connectivity index (χ1n) is 3.51. The van der Waals surface area contributed by atoms with Crippen LogP contribution in [0.3, 0.4) is 0 Å². The normalized spacial score (nSPS) is 11.5. The Bertz CT molecular complexity index is 145. The predicted octanol–water partition coefficient (Wildman–Crippen LogP) is 2.06. The molecule has 0 saturated heterocycles. The number of carbonyl (C=O) groups is 2. The molecule has 0 saturated carbocycles. The first-order chi connectivity index (χ1) is 5.09. The summed E-state index contributed by atoms with van der Waals surface area (Å²) in [6.07, 6.45) is 1.93. The van der Waals surface area contributed by atoms with Crippen molar-refractivity contribution in [1.82, 2.24) is 0 Å². The minimum absolute atomic E-state index is 0. The lowest BCUT2D eigenvalue weighted by Gasteiger charge is -2.04. The Morgan fingerprint density at radius 3 is 2.25 bits per heavy atom. The van der Waals surface area contributed by atoms with Gasteiger partial charge in [-0.05, 0) is 18.0 Å². The third-order valence-corrected chi connectivity index (χ3v) is 1.68. The molecule has 12 heavy (non-hydrogen) atoms. The average molecular weight is 215 g/mol. The van der Waals surface area contributed by atoms with Crippen LogP contribution in [0.4, 0.5) is 0 Å². The van der Waals surface area contributed by atoms with E-state index in [2.05, 4.69) is 0 Å². The summed E-state index contributed by atoms with van der Waals surface area (Å²) in [7, 11) is 0. The monoisotopic (exact) mass is 214 g/mol. The minimum atomic E-state index is -1.13. The van der Waals surface area contributed by atoms with Crippen molar-refractivity contribution in [2.45, 2.75) is 26.2 Å². The molecule has 0 rings (SSSR count). The molecule has 5 heteroatoms. The predicted molar refractivity (Wildman–Crippen MR) is 48.8 cm³/mol. The molecule has 0 heterocycles. The Kier molecular flexibility index (Phi) is 8.76. The Morgan fingerprint density at radius 1 is 1.50 bits per heavy atom. The Hall–Kier alpha value is -0.280. The van der Waals surface area contributed by atoms with Crippen LogP contribution in [0.5, 0.6) is 0 Å². The number of carbonyl (C=O) groups excluding carboxylic acids is 1. The van der Waals surface area contributed by atoms with E-state index >= 15 is 0 Å². The summed E-state index contributed by atoms with van der Waals surface area (Å²) >= 11 is 5.05. The lowest BCUT2D eigenvalue weighted by Crippen LogP contribution is -2.19. The number of carboxylic acids is 1. The molecule has 0 aliphatic carbocycles. The molecular weight excluding hydrogens is 203 g/mol. The van der Waals surface area contributed by atoms with Gasteiger partial charge in [0.1, 0.15) is 5.92 Å². The molecule has 0 aromatic heterocycles. The first-order valence-corrected chi connectivity index (χ1v) is 3.89. The molecule has 0 spiro atoms. The van der Waals surface area contributed by atoms with Gasteiger partial charge in [-0.25, -0.2) is 0 Å². The van der Waals surface area contributed by atoms with E-state index < -0.39 is 17.1 Å². The maximum Gasteiger partial charge on any atom is 0.315 e. The fraction of sp³-hybridized carbons (Fsp3) is 0.714. The van der Waals surface area contributed by atoms with Gasteiger partial charge in [0.15, 0.2) is 0 Å². The van der Waals surface area contributed by atoms with Gasteiger partial charge in [-0.1, -0.05) is 19.8 Å². The van der Waals surface area contributed by atoms with E-state index in [9.17, 15) is 9.59 Å². The number of halogens is 2. The molecule has 1 N–H and O–H groups in total. The maximum absolute atomic E-state index is 10.5. The summed E-state index contributed by atoms with van der Waals surface area (Å²) < 4.78 is 0. The molecule has 0 fully saturated rings. The fourth-order valence-electron chi connectivity index (χ4n) is 0.742. The van der Waals surface area contributed by atoms with Crippen molar-refractivity contribution < 1.29 is 14.7 Å². The van der Waals surface area contributed by atoms with E-state index in [1.54, 1.807) is 0 Å². The molecule has 0 aliphatic heterocycles. The molecule has 1 atom stereocenters. The third kappa shape index (κ3) is 5.38. The van der Waals surface area contributed by atoms with Gasteiger partial charge >= 0.3 is 5.97 Å². The zero-order valence-electron chi connectivity index (χ0n) is 6.75. The maximum atomic E-state index is 10.5. The molecule has 0 radical (unpaired) electrons. The van der Waals surface area contributed by atoms with E-state index in [4.69, 9.17) is 16.7 Å². The first kappa shape index (κ1) is 14.3. The highest BCUT2D eigenvalue weighted by Crippen LogP contribution is 2.11. The van der Waals surface area contributed by atoms with Crippen molar-refractivity contribution in [2.75, 3.05) is 0 Å². The van der Waals surface area contributed by atoms with Crippen LogP contribution in [0.15, 0.2) is 0 Å². The van der Waals surface area contributed by atoms with Gasteiger partial charge in [0.25, 0.3) is 0 Å². The zero-order chi connectivity index (χ0) is 8.85. The van der Waals surface area contributed by atoms with Gasteiger partial charge in [-0.2, -0.15) is 0 Å². The Morgan fingerprint density at radius 2 is 2.00 bits per heavy atom. The zero-order valence-corrected chi connectivity index (χ0v) is 8.32. The summed E-state index contributed by atoms with van der Waals surface area (Å²) in [5.74, 6) is -2.14. The van der Waals surface area contributed by atoms with E-state index in [1.165, 1.54) is 0 Å². The molecule has 0 amide bonds. The van der Waals surface area contributed by atoms with Gasteiger partial charge < -0.3 is 5.11 Å². The number of rotatable bonds is 5. The molecular formula is C7H12Cl2O3. The van der Waals surface area contributed by atoms with Crippen LogP contribution in [0.2, 0.25) is 0 Å². The highest BCUT2D eigenvalue weighted by Gasteiger charge is 2.23. The molecule has 1 unspecified atom stereocenters. The summed E-state index contributed by atoms with van der Waals surface area (Å²) in [4.78, 5) is 20.8. The summed E-state index contributed by atoms with van der Waals surface area (Å²) in [5, 5.41) is 7.69. The van der Waals surface area contributed by atoms with Crippen LogP contribution < -0.4 is 0 Å². The van der Waals surface area contributed by atoms with Gasteiger partial charge in [0.05, 0.1) is 0 Å². The second-order valence-electron chi connectivity index (χ2n) is 2.34. The van der Waals surface area contributed by atoms with Crippen molar-refractivity contribution in [2.24, 2.45) is 5.92 Å².